The Labute approximate surface area is 131 Å². The van der Waals surface area contributed by atoms with Crippen LogP contribution in [0.3, 0.4) is 0 Å². The topological polar surface area (TPSA) is 77.4 Å². The van der Waals surface area contributed by atoms with Crippen LogP contribution in [-0.2, 0) is 21.6 Å². The monoisotopic (exact) mass is 329 g/mol. The molecule has 0 bridgehead atoms. The van der Waals surface area contributed by atoms with Gasteiger partial charge in [0.25, 0.3) is 0 Å². The summed E-state index contributed by atoms with van der Waals surface area (Å²) in [5, 5.41) is 9.77. The number of hydrogen-bond donors (Lipinski definition) is 1. The van der Waals surface area contributed by atoms with Crippen molar-refractivity contribution < 1.29 is 18.7 Å². The number of carbonyl (C=O) groups is 1. The molecule has 2 unspecified atom stereocenters. The van der Waals surface area contributed by atoms with Gasteiger partial charge in [-0.05, 0) is 29.5 Å². The molecule has 6 heteroatoms. The van der Waals surface area contributed by atoms with E-state index in [1.54, 1.807) is 18.2 Å². The molecule has 1 fully saturated rings. The van der Waals surface area contributed by atoms with E-state index >= 15 is 0 Å². The third-order valence-electron chi connectivity index (χ3n) is 4.09. The van der Waals surface area contributed by atoms with Crippen molar-refractivity contribution in [2.75, 3.05) is 0 Å². The van der Waals surface area contributed by atoms with Crippen molar-refractivity contribution in [2.45, 2.75) is 43.8 Å². The van der Waals surface area contributed by atoms with E-state index in [9.17, 15) is 18.7 Å². The zero-order valence-corrected chi connectivity index (χ0v) is 13.2. The Morgan fingerprint density at radius 3 is 2.62 bits per heavy atom. The largest absolute Gasteiger partial charge is 0.772 e. The first-order chi connectivity index (χ1) is 9.97. The summed E-state index contributed by atoms with van der Waals surface area (Å²) in [6, 6.07) is 4.89. The second kappa shape index (κ2) is 7.38. The molecule has 21 heavy (non-hydrogen) atoms. The summed E-state index contributed by atoms with van der Waals surface area (Å²) in [5.41, 5.74) is 1.15. The average molecular weight is 330 g/mol. The zero-order valence-electron chi connectivity index (χ0n) is 11.6. The molecule has 1 saturated carbocycles. The SMILES string of the molecule is O=C(O)C(CC1CCCC1)c1ccc(CS(=O)[O-])c(Cl)c1. The van der Waals surface area contributed by atoms with Gasteiger partial charge in [-0.3, -0.25) is 9.00 Å². The van der Waals surface area contributed by atoms with Gasteiger partial charge >= 0.3 is 5.97 Å². The molecule has 4 nitrogen and oxygen atoms in total. The Balaban J connectivity index is 2.17. The van der Waals surface area contributed by atoms with Crippen LogP contribution >= 0.6 is 11.6 Å². The first-order valence-electron chi connectivity index (χ1n) is 7.04. The first-order valence-corrected chi connectivity index (χ1v) is 8.66. The van der Waals surface area contributed by atoms with E-state index in [0.29, 0.717) is 28.5 Å². The maximum absolute atomic E-state index is 11.5. The summed E-state index contributed by atoms with van der Waals surface area (Å²) in [6.45, 7) is 0. The van der Waals surface area contributed by atoms with Gasteiger partial charge in [0.2, 0.25) is 0 Å². The molecule has 2 rings (SSSR count). The molecule has 0 aliphatic heterocycles. The summed E-state index contributed by atoms with van der Waals surface area (Å²) < 4.78 is 21.5. The van der Waals surface area contributed by atoms with E-state index in [-0.39, 0.29) is 5.75 Å². The summed E-state index contributed by atoms with van der Waals surface area (Å²) in [5.74, 6) is -1.12. The lowest BCUT2D eigenvalue weighted by Gasteiger charge is -2.18. The van der Waals surface area contributed by atoms with Crippen molar-refractivity contribution in [3.05, 3.63) is 34.3 Å². The summed E-state index contributed by atoms with van der Waals surface area (Å²) in [6.07, 6.45) is 5.14. The van der Waals surface area contributed by atoms with Crippen LogP contribution in [-0.4, -0.2) is 19.8 Å². The molecule has 1 N–H and O–H groups in total. The first kappa shape index (κ1) is 16.5. The van der Waals surface area contributed by atoms with Crippen LogP contribution < -0.4 is 0 Å². The van der Waals surface area contributed by atoms with Gasteiger partial charge in [0, 0.05) is 10.8 Å². The van der Waals surface area contributed by atoms with Gasteiger partial charge in [0.05, 0.1) is 5.92 Å². The van der Waals surface area contributed by atoms with Crippen LogP contribution in [0.5, 0.6) is 0 Å². The smallest absolute Gasteiger partial charge is 0.310 e. The summed E-state index contributed by atoms with van der Waals surface area (Å²) >= 11 is 3.87. The number of hydrogen-bond acceptors (Lipinski definition) is 3. The maximum Gasteiger partial charge on any atom is 0.310 e. The van der Waals surface area contributed by atoms with Gasteiger partial charge in [0.15, 0.2) is 0 Å². The zero-order chi connectivity index (χ0) is 15.4. The molecule has 1 aromatic carbocycles. The molecule has 0 heterocycles. The number of carboxylic acids is 1. The van der Waals surface area contributed by atoms with Crippen LogP contribution in [0.25, 0.3) is 0 Å². The highest BCUT2D eigenvalue weighted by Crippen LogP contribution is 2.35. The van der Waals surface area contributed by atoms with E-state index in [1.807, 2.05) is 0 Å². The Bertz CT molecular complexity index is 540. The highest BCUT2D eigenvalue weighted by atomic mass is 35.5. The van der Waals surface area contributed by atoms with Crippen LogP contribution in [0.15, 0.2) is 18.2 Å². The number of halogens is 1. The van der Waals surface area contributed by atoms with Crippen molar-refractivity contribution in [3.63, 3.8) is 0 Å². The quantitative estimate of drug-likeness (QED) is 0.811. The van der Waals surface area contributed by atoms with Gasteiger partial charge in [-0.15, -0.1) is 0 Å². The molecule has 1 aliphatic carbocycles. The van der Waals surface area contributed by atoms with E-state index in [2.05, 4.69) is 0 Å². The number of rotatable bonds is 6. The third-order valence-corrected chi connectivity index (χ3v) is 4.99. The molecule has 0 spiro atoms. The summed E-state index contributed by atoms with van der Waals surface area (Å²) in [7, 11) is 0. The standard InChI is InChI=1S/C15H19ClO4S/c16-14-8-11(5-6-12(14)9-21(19)20)13(15(17)18)7-10-3-1-2-4-10/h5-6,8,10,13H,1-4,7,9H2,(H,17,18)(H,19,20)/p-1. The lowest BCUT2D eigenvalue weighted by molar-refractivity contribution is -0.139. The van der Waals surface area contributed by atoms with Crippen molar-refractivity contribution >= 4 is 28.7 Å². The number of benzene rings is 1. The fourth-order valence-electron chi connectivity index (χ4n) is 2.98. The predicted molar refractivity (Wildman–Crippen MR) is 81.0 cm³/mol. The number of carboxylic acid groups (broad SMARTS) is 1. The second-order valence-corrected chi connectivity index (χ2v) is 6.88. The molecule has 116 valence electrons. The molecule has 0 aromatic heterocycles. The highest BCUT2D eigenvalue weighted by molar-refractivity contribution is 7.78. The normalized spacial score (nSPS) is 18.6. The molecular weight excluding hydrogens is 312 g/mol. The minimum atomic E-state index is -2.21. The van der Waals surface area contributed by atoms with E-state index < -0.39 is 23.0 Å². The average Bonchev–Trinajstić information content (AvgIpc) is 2.90. The Hall–Kier alpha value is -0.910. The Kier molecular flexibility index (Phi) is 5.79. The van der Waals surface area contributed by atoms with Crippen molar-refractivity contribution in [1.29, 1.82) is 0 Å². The van der Waals surface area contributed by atoms with Crippen LogP contribution in [0.2, 0.25) is 5.02 Å². The number of aliphatic carboxylic acids is 1. The minimum Gasteiger partial charge on any atom is -0.772 e. The minimum absolute atomic E-state index is 0.153. The molecule has 0 radical (unpaired) electrons. The third kappa shape index (κ3) is 4.53. The summed E-state index contributed by atoms with van der Waals surface area (Å²) in [4.78, 5) is 11.5. The maximum atomic E-state index is 11.5. The van der Waals surface area contributed by atoms with E-state index in [0.717, 1.165) is 12.8 Å². The highest BCUT2D eigenvalue weighted by Gasteiger charge is 2.26. The molecule has 0 amide bonds. The van der Waals surface area contributed by atoms with Crippen molar-refractivity contribution in [1.82, 2.24) is 0 Å². The second-order valence-electron chi connectivity index (χ2n) is 5.58. The van der Waals surface area contributed by atoms with Gasteiger partial charge < -0.3 is 9.66 Å². The van der Waals surface area contributed by atoms with Gasteiger partial charge in [-0.1, -0.05) is 60.5 Å². The van der Waals surface area contributed by atoms with Crippen LogP contribution in [0.1, 0.15) is 49.1 Å². The molecular formula is C15H18ClO4S-. The molecule has 1 aliphatic rings. The Morgan fingerprint density at radius 1 is 1.43 bits per heavy atom. The molecule has 1 aromatic rings. The predicted octanol–water partition coefficient (Wildman–Crippen LogP) is 3.47. The fourth-order valence-corrected chi connectivity index (χ4v) is 3.82. The van der Waals surface area contributed by atoms with Crippen LogP contribution in [0, 0.1) is 5.92 Å². The van der Waals surface area contributed by atoms with Gasteiger partial charge in [-0.2, -0.15) is 0 Å². The molecule has 0 saturated heterocycles. The lowest BCUT2D eigenvalue weighted by atomic mass is 9.87. The van der Waals surface area contributed by atoms with Crippen molar-refractivity contribution in [2.24, 2.45) is 5.92 Å². The van der Waals surface area contributed by atoms with Gasteiger partial charge in [0.1, 0.15) is 0 Å². The van der Waals surface area contributed by atoms with E-state index in [4.69, 9.17) is 11.6 Å². The molecule has 2 atom stereocenters. The Morgan fingerprint density at radius 2 is 2.10 bits per heavy atom. The van der Waals surface area contributed by atoms with Gasteiger partial charge in [-0.25, -0.2) is 0 Å². The lowest BCUT2D eigenvalue weighted by Crippen LogP contribution is -2.15. The fraction of sp³-hybridized carbons (Fsp3) is 0.533. The van der Waals surface area contributed by atoms with Crippen molar-refractivity contribution in [3.8, 4) is 0 Å². The van der Waals surface area contributed by atoms with E-state index in [1.165, 1.54) is 12.8 Å². The van der Waals surface area contributed by atoms with Crippen LogP contribution in [0.4, 0.5) is 0 Å².